The lowest BCUT2D eigenvalue weighted by atomic mass is 9.95. The summed E-state index contributed by atoms with van der Waals surface area (Å²) in [5, 5.41) is 9.98. The second-order valence-corrected chi connectivity index (χ2v) is 5.30. The monoisotopic (exact) mass is 242 g/mol. The van der Waals surface area contributed by atoms with Crippen molar-refractivity contribution in [1.29, 1.82) is 0 Å². The summed E-state index contributed by atoms with van der Waals surface area (Å²) in [5.41, 5.74) is -0.635. The Bertz CT molecular complexity index is 275. The number of hydrogen-bond donors (Lipinski definition) is 1. The van der Waals surface area contributed by atoms with Crippen molar-refractivity contribution in [3.8, 4) is 0 Å². The molecular formula is C12H22N2O3. The van der Waals surface area contributed by atoms with Crippen LogP contribution in [-0.2, 0) is 9.53 Å². The maximum atomic E-state index is 12.0. The Kier molecular flexibility index (Phi) is 4.01. The molecular weight excluding hydrogens is 220 g/mol. The van der Waals surface area contributed by atoms with E-state index in [0.717, 1.165) is 19.4 Å². The Hall–Kier alpha value is -0.650. The number of ether oxygens (including phenoxy) is 1. The molecule has 2 rings (SSSR count). The van der Waals surface area contributed by atoms with E-state index in [1.165, 1.54) is 0 Å². The van der Waals surface area contributed by atoms with E-state index in [1.807, 2.05) is 11.8 Å². The number of aliphatic hydroxyl groups is 1. The Morgan fingerprint density at radius 2 is 2.06 bits per heavy atom. The van der Waals surface area contributed by atoms with Crippen LogP contribution in [-0.4, -0.2) is 72.4 Å². The highest BCUT2D eigenvalue weighted by atomic mass is 16.5. The standard InChI is InChI=1S/C12H22N2O3/c1-12(16)3-2-4-13(10-12)9-11(15)14-5-7-17-8-6-14/h16H,2-10H2,1H3. The van der Waals surface area contributed by atoms with Crippen molar-refractivity contribution in [2.45, 2.75) is 25.4 Å². The number of morpholine rings is 1. The quantitative estimate of drug-likeness (QED) is 0.722. The molecule has 0 spiro atoms. The number of hydrogen-bond acceptors (Lipinski definition) is 4. The number of likely N-dealkylation sites (tertiary alicyclic amines) is 1. The molecule has 98 valence electrons. The lowest BCUT2D eigenvalue weighted by molar-refractivity contribution is -0.137. The smallest absolute Gasteiger partial charge is 0.236 e. The number of piperidine rings is 1. The minimum Gasteiger partial charge on any atom is -0.389 e. The van der Waals surface area contributed by atoms with Crippen LogP contribution in [0.2, 0.25) is 0 Å². The minimum atomic E-state index is -0.635. The SMILES string of the molecule is CC1(O)CCCN(CC(=O)N2CCOCC2)C1. The third kappa shape index (κ3) is 3.66. The van der Waals surface area contributed by atoms with Crippen molar-refractivity contribution in [3.05, 3.63) is 0 Å². The van der Waals surface area contributed by atoms with Crippen LogP contribution >= 0.6 is 0 Å². The molecule has 1 atom stereocenters. The zero-order valence-corrected chi connectivity index (χ0v) is 10.5. The van der Waals surface area contributed by atoms with Crippen LogP contribution in [0.3, 0.4) is 0 Å². The molecule has 0 aromatic heterocycles. The zero-order valence-electron chi connectivity index (χ0n) is 10.5. The van der Waals surface area contributed by atoms with Gasteiger partial charge in [0.05, 0.1) is 25.4 Å². The van der Waals surface area contributed by atoms with Crippen LogP contribution in [0.5, 0.6) is 0 Å². The van der Waals surface area contributed by atoms with Gasteiger partial charge in [-0.05, 0) is 26.3 Å². The number of nitrogens with zero attached hydrogens (tertiary/aromatic N) is 2. The molecule has 0 aliphatic carbocycles. The minimum absolute atomic E-state index is 0.158. The Balaban J connectivity index is 1.81. The Morgan fingerprint density at radius 3 is 2.71 bits per heavy atom. The van der Waals surface area contributed by atoms with Crippen LogP contribution in [0, 0.1) is 0 Å². The first kappa shape index (κ1) is 12.8. The Morgan fingerprint density at radius 1 is 1.35 bits per heavy atom. The average molecular weight is 242 g/mol. The maximum absolute atomic E-state index is 12.0. The normalized spacial score (nSPS) is 31.5. The second kappa shape index (κ2) is 5.33. The van der Waals surface area contributed by atoms with E-state index in [9.17, 15) is 9.90 Å². The van der Waals surface area contributed by atoms with E-state index < -0.39 is 5.60 Å². The van der Waals surface area contributed by atoms with Gasteiger partial charge in [0, 0.05) is 19.6 Å². The topological polar surface area (TPSA) is 53.0 Å². The number of β-amino-alcohol motifs (C(OH)–C–C–N with tert-alkyl or cyclic N) is 1. The molecule has 2 heterocycles. The molecule has 0 bridgehead atoms. The highest BCUT2D eigenvalue weighted by Gasteiger charge is 2.30. The number of carbonyl (C=O) groups is 1. The van der Waals surface area contributed by atoms with Crippen LogP contribution in [0.25, 0.3) is 0 Å². The molecule has 1 N–H and O–H groups in total. The molecule has 2 fully saturated rings. The highest BCUT2D eigenvalue weighted by Crippen LogP contribution is 2.20. The molecule has 0 aromatic carbocycles. The molecule has 2 aliphatic rings. The van der Waals surface area contributed by atoms with Gasteiger partial charge in [-0.1, -0.05) is 0 Å². The predicted octanol–water partition coefficient (Wildman–Crippen LogP) is -0.308. The van der Waals surface area contributed by atoms with Gasteiger partial charge in [-0.15, -0.1) is 0 Å². The molecule has 0 aromatic rings. The summed E-state index contributed by atoms with van der Waals surface area (Å²) in [6.45, 7) is 6.46. The van der Waals surface area contributed by atoms with E-state index in [0.29, 0.717) is 39.4 Å². The van der Waals surface area contributed by atoms with Gasteiger partial charge in [-0.2, -0.15) is 0 Å². The molecule has 0 radical (unpaired) electrons. The molecule has 2 aliphatic heterocycles. The van der Waals surface area contributed by atoms with Gasteiger partial charge in [0.2, 0.25) is 5.91 Å². The summed E-state index contributed by atoms with van der Waals surface area (Å²) in [6.07, 6.45) is 1.79. The fraction of sp³-hybridized carbons (Fsp3) is 0.917. The third-order valence-electron chi connectivity index (χ3n) is 3.48. The van der Waals surface area contributed by atoms with Crippen molar-refractivity contribution in [2.24, 2.45) is 0 Å². The first-order chi connectivity index (χ1) is 8.07. The first-order valence-corrected chi connectivity index (χ1v) is 6.37. The van der Waals surface area contributed by atoms with Crippen LogP contribution < -0.4 is 0 Å². The summed E-state index contributed by atoms with van der Waals surface area (Å²) < 4.78 is 5.23. The van der Waals surface area contributed by atoms with E-state index in [1.54, 1.807) is 0 Å². The van der Waals surface area contributed by atoms with Gasteiger partial charge in [0.1, 0.15) is 0 Å². The predicted molar refractivity (Wildman–Crippen MR) is 63.7 cm³/mol. The van der Waals surface area contributed by atoms with Crippen molar-refractivity contribution in [3.63, 3.8) is 0 Å². The van der Waals surface area contributed by atoms with Crippen LogP contribution in [0.1, 0.15) is 19.8 Å². The van der Waals surface area contributed by atoms with Gasteiger partial charge in [-0.25, -0.2) is 0 Å². The molecule has 5 nitrogen and oxygen atoms in total. The fourth-order valence-corrected chi connectivity index (χ4v) is 2.56. The van der Waals surface area contributed by atoms with Gasteiger partial charge in [0.25, 0.3) is 0 Å². The molecule has 1 unspecified atom stereocenters. The summed E-state index contributed by atoms with van der Waals surface area (Å²) in [4.78, 5) is 15.9. The second-order valence-electron chi connectivity index (χ2n) is 5.30. The summed E-state index contributed by atoms with van der Waals surface area (Å²) in [7, 11) is 0. The van der Waals surface area contributed by atoms with Crippen molar-refractivity contribution < 1.29 is 14.6 Å². The zero-order chi connectivity index (χ0) is 12.3. The fourth-order valence-electron chi connectivity index (χ4n) is 2.56. The summed E-state index contributed by atoms with van der Waals surface area (Å²) in [6, 6.07) is 0. The van der Waals surface area contributed by atoms with Gasteiger partial charge in [0.15, 0.2) is 0 Å². The van der Waals surface area contributed by atoms with E-state index in [4.69, 9.17) is 4.74 Å². The summed E-state index contributed by atoms with van der Waals surface area (Å²) >= 11 is 0. The third-order valence-corrected chi connectivity index (χ3v) is 3.48. The molecule has 1 amide bonds. The largest absolute Gasteiger partial charge is 0.389 e. The van der Waals surface area contributed by atoms with Gasteiger partial charge < -0.3 is 14.7 Å². The lowest BCUT2D eigenvalue weighted by Gasteiger charge is -2.37. The number of amides is 1. The number of carbonyl (C=O) groups excluding carboxylic acids is 1. The average Bonchev–Trinajstić information content (AvgIpc) is 2.29. The van der Waals surface area contributed by atoms with Crippen molar-refractivity contribution in [1.82, 2.24) is 9.80 Å². The van der Waals surface area contributed by atoms with Gasteiger partial charge in [-0.3, -0.25) is 9.69 Å². The van der Waals surface area contributed by atoms with Crippen LogP contribution in [0.15, 0.2) is 0 Å². The molecule has 2 saturated heterocycles. The first-order valence-electron chi connectivity index (χ1n) is 6.37. The Labute approximate surface area is 102 Å². The summed E-state index contributed by atoms with van der Waals surface area (Å²) in [5.74, 6) is 0.158. The van der Waals surface area contributed by atoms with Gasteiger partial charge >= 0.3 is 0 Å². The number of rotatable bonds is 2. The lowest BCUT2D eigenvalue weighted by Crippen LogP contribution is -2.51. The van der Waals surface area contributed by atoms with Crippen molar-refractivity contribution >= 4 is 5.91 Å². The molecule has 17 heavy (non-hydrogen) atoms. The van der Waals surface area contributed by atoms with Crippen molar-refractivity contribution in [2.75, 3.05) is 45.9 Å². The highest BCUT2D eigenvalue weighted by molar-refractivity contribution is 5.78. The van der Waals surface area contributed by atoms with E-state index >= 15 is 0 Å². The molecule has 5 heteroatoms. The maximum Gasteiger partial charge on any atom is 0.236 e. The van der Waals surface area contributed by atoms with Crippen LogP contribution in [0.4, 0.5) is 0 Å². The van der Waals surface area contributed by atoms with E-state index in [2.05, 4.69) is 4.90 Å². The molecule has 0 saturated carbocycles. The van der Waals surface area contributed by atoms with E-state index in [-0.39, 0.29) is 5.91 Å².